The van der Waals surface area contributed by atoms with Gasteiger partial charge in [0.25, 0.3) is 0 Å². The van der Waals surface area contributed by atoms with Crippen molar-refractivity contribution in [2.45, 2.75) is 26.7 Å². The minimum Gasteiger partial charge on any atom is -0.371 e. The number of anilines is 1. The summed E-state index contributed by atoms with van der Waals surface area (Å²) in [7, 11) is 0. The van der Waals surface area contributed by atoms with E-state index in [0.717, 1.165) is 32.0 Å². The Labute approximate surface area is 99.5 Å². The first kappa shape index (κ1) is 13.0. The molecule has 0 aromatic heterocycles. The summed E-state index contributed by atoms with van der Waals surface area (Å²) in [6.07, 6.45) is 2.30. The highest BCUT2D eigenvalue weighted by atomic mass is 15.1. The van der Waals surface area contributed by atoms with Gasteiger partial charge in [-0.25, -0.2) is 0 Å². The maximum absolute atomic E-state index is 5.58. The van der Waals surface area contributed by atoms with Crippen molar-refractivity contribution < 1.29 is 0 Å². The van der Waals surface area contributed by atoms with E-state index in [4.69, 9.17) is 5.73 Å². The van der Waals surface area contributed by atoms with E-state index in [9.17, 15) is 0 Å². The second-order valence-corrected chi connectivity index (χ2v) is 4.65. The SMILES string of the molecule is CC(C)CCN(CCCN)c1ccccc1. The Balaban J connectivity index is 2.56. The molecule has 16 heavy (non-hydrogen) atoms. The van der Waals surface area contributed by atoms with Crippen molar-refractivity contribution in [2.75, 3.05) is 24.5 Å². The van der Waals surface area contributed by atoms with E-state index >= 15 is 0 Å². The fourth-order valence-electron chi connectivity index (χ4n) is 1.70. The Morgan fingerprint density at radius 1 is 1.12 bits per heavy atom. The maximum atomic E-state index is 5.58. The fraction of sp³-hybridized carbons (Fsp3) is 0.571. The van der Waals surface area contributed by atoms with Gasteiger partial charge >= 0.3 is 0 Å². The average Bonchev–Trinajstić information content (AvgIpc) is 2.30. The summed E-state index contributed by atoms with van der Waals surface area (Å²) in [4.78, 5) is 2.44. The summed E-state index contributed by atoms with van der Waals surface area (Å²) in [5, 5.41) is 0. The standard InChI is InChI=1S/C14H24N2/c1-13(2)9-12-16(11-6-10-15)14-7-4-3-5-8-14/h3-5,7-8,13H,6,9-12,15H2,1-2H3. The second-order valence-electron chi connectivity index (χ2n) is 4.65. The van der Waals surface area contributed by atoms with Crippen LogP contribution in [-0.4, -0.2) is 19.6 Å². The van der Waals surface area contributed by atoms with Gasteiger partial charge in [0, 0.05) is 18.8 Å². The third-order valence-corrected chi connectivity index (χ3v) is 2.73. The molecule has 0 spiro atoms. The van der Waals surface area contributed by atoms with Crippen LogP contribution in [0.5, 0.6) is 0 Å². The molecule has 0 aliphatic heterocycles. The number of nitrogens with two attached hydrogens (primary N) is 1. The molecule has 0 radical (unpaired) electrons. The van der Waals surface area contributed by atoms with Gasteiger partial charge in [-0.1, -0.05) is 32.0 Å². The molecule has 1 rings (SSSR count). The Kier molecular flexibility index (Phi) is 5.94. The first-order chi connectivity index (χ1) is 7.74. The van der Waals surface area contributed by atoms with E-state index in [2.05, 4.69) is 49.1 Å². The van der Waals surface area contributed by atoms with Crippen molar-refractivity contribution in [1.82, 2.24) is 0 Å². The normalized spacial score (nSPS) is 10.8. The van der Waals surface area contributed by atoms with Crippen LogP contribution in [0.4, 0.5) is 5.69 Å². The molecule has 0 fully saturated rings. The van der Waals surface area contributed by atoms with Crippen LogP contribution in [0, 0.1) is 5.92 Å². The molecule has 2 heteroatoms. The van der Waals surface area contributed by atoms with Crippen LogP contribution in [0.2, 0.25) is 0 Å². The highest BCUT2D eigenvalue weighted by Crippen LogP contribution is 2.15. The minimum atomic E-state index is 0.754. The van der Waals surface area contributed by atoms with Crippen LogP contribution in [0.3, 0.4) is 0 Å². The van der Waals surface area contributed by atoms with E-state index in [1.54, 1.807) is 0 Å². The highest BCUT2D eigenvalue weighted by Gasteiger charge is 2.06. The molecule has 1 aromatic rings. The zero-order valence-electron chi connectivity index (χ0n) is 10.5. The molecule has 0 heterocycles. The smallest absolute Gasteiger partial charge is 0.0366 e. The molecule has 1 aromatic carbocycles. The molecule has 2 N–H and O–H groups in total. The predicted octanol–water partition coefficient (Wildman–Crippen LogP) is 2.89. The molecule has 0 aliphatic carbocycles. The van der Waals surface area contributed by atoms with Gasteiger partial charge in [0.05, 0.1) is 0 Å². The topological polar surface area (TPSA) is 29.3 Å². The Hall–Kier alpha value is -1.02. The molecule has 90 valence electrons. The van der Waals surface area contributed by atoms with Crippen molar-refractivity contribution in [1.29, 1.82) is 0 Å². The van der Waals surface area contributed by atoms with Crippen molar-refractivity contribution >= 4 is 5.69 Å². The zero-order chi connectivity index (χ0) is 11.8. The van der Waals surface area contributed by atoms with Gasteiger partial charge in [0.1, 0.15) is 0 Å². The molecule has 0 saturated heterocycles. The lowest BCUT2D eigenvalue weighted by atomic mass is 10.1. The molecule has 0 amide bonds. The van der Waals surface area contributed by atoms with Crippen molar-refractivity contribution in [2.24, 2.45) is 11.7 Å². The van der Waals surface area contributed by atoms with Gasteiger partial charge in [-0.15, -0.1) is 0 Å². The summed E-state index contributed by atoms with van der Waals surface area (Å²) in [6.45, 7) is 7.50. The van der Waals surface area contributed by atoms with Crippen LogP contribution in [0.1, 0.15) is 26.7 Å². The second kappa shape index (κ2) is 7.29. The van der Waals surface area contributed by atoms with E-state index in [-0.39, 0.29) is 0 Å². The molecule has 0 aliphatic rings. The van der Waals surface area contributed by atoms with E-state index in [0.29, 0.717) is 0 Å². The molecule has 0 bridgehead atoms. The molecule has 0 atom stereocenters. The number of hydrogen-bond donors (Lipinski definition) is 1. The lowest BCUT2D eigenvalue weighted by Crippen LogP contribution is -2.27. The van der Waals surface area contributed by atoms with Crippen molar-refractivity contribution in [3.63, 3.8) is 0 Å². The number of benzene rings is 1. The van der Waals surface area contributed by atoms with Gasteiger partial charge in [-0.2, -0.15) is 0 Å². The summed E-state index contributed by atoms with van der Waals surface area (Å²) in [5.41, 5.74) is 6.90. The van der Waals surface area contributed by atoms with Gasteiger partial charge in [-0.3, -0.25) is 0 Å². The molecular formula is C14H24N2. The van der Waals surface area contributed by atoms with Gasteiger partial charge in [0.2, 0.25) is 0 Å². The number of rotatable bonds is 7. The lowest BCUT2D eigenvalue weighted by molar-refractivity contribution is 0.568. The van der Waals surface area contributed by atoms with Crippen molar-refractivity contribution in [3.8, 4) is 0 Å². The molecule has 0 unspecified atom stereocenters. The maximum Gasteiger partial charge on any atom is 0.0366 e. The van der Waals surface area contributed by atoms with Crippen LogP contribution in [0.15, 0.2) is 30.3 Å². The number of hydrogen-bond acceptors (Lipinski definition) is 2. The summed E-state index contributed by atoms with van der Waals surface area (Å²) in [6, 6.07) is 10.6. The van der Waals surface area contributed by atoms with Crippen molar-refractivity contribution in [3.05, 3.63) is 30.3 Å². The predicted molar refractivity (Wildman–Crippen MR) is 71.8 cm³/mol. The van der Waals surface area contributed by atoms with E-state index in [1.165, 1.54) is 12.1 Å². The lowest BCUT2D eigenvalue weighted by Gasteiger charge is -2.25. The Morgan fingerprint density at radius 2 is 1.81 bits per heavy atom. The number of nitrogens with zero attached hydrogens (tertiary/aromatic N) is 1. The third kappa shape index (κ3) is 4.67. The minimum absolute atomic E-state index is 0.754. The van der Waals surface area contributed by atoms with Crippen LogP contribution >= 0.6 is 0 Å². The monoisotopic (exact) mass is 220 g/mol. The van der Waals surface area contributed by atoms with Gasteiger partial charge < -0.3 is 10.6 Å². The molecular weight excluding hydrogens is 196 g/mol. The van der Waals surface area contributed by atoms with Crippen LogP contribution in [-0.2, 0) is 0 Å². The summed E-state index contributed by atoms with van der Waals surface area (Å²) >= 11 is 0. The average molecular weight is 220 g/mol. The summed E-state index contributed by atoms with van der Waals surface area (Å²) in [5.74, 6) is 0.754. The number of para-hydroxylation sites is 1. The Bertz CT molecular complexity index is 269. The third-order valence-electron chi connectivity index (χ3n) is 2.73. The molecule has 0 saturated carbocycles. The fourth-order valence-corrected chi connectivity index (χ4v) is 1.70. The van der Waals surface area contributed by atoms with Crippen LogP contribution < -0.4 is 10.6 Å². The molecule has 2 nitrogen and oxygen atoms in total. The van der Waals surface area contributed by atoms with Crippen LogP contribution in [0.25, 0.3) is 0 Å². The highest BCUT2D eigenvalue weighted by molar-refractivity contribution is 5.45. The van der Waals surface area contributed by atoms with E-state index in [1.807, 2.05) is 0 Å². The first-order valence-corrected chi connectivity index (χ1v) is 6.24. The summed E-state index contributed by atoms with van der Waals surface area (Å²) < 4.78 is 0. The first-order valence-electron chi connectivity index (χ1n) is 6.24. The van der Waals surface area contributed by atoms with Gasteiger partial charge in [-0.05, 0) is 37.4 Å². The zero-order valence-corrected chi connectivity index (χ0v) is 10.5. The Morgan fingerprint density at radius 3 is 2.38 bits per heavy atom. The van der Waals surface area contributed by atoms with E-state index < -0.39 is 0 Å². The quantitative estimate of drug-likeness (QED) is 0.765. The largest absolute Gasteiger partial charge is 0.371 e. The van der Waals surface area contributed by atoms with Gasteiger partial charge in [0.15, 0.2) is 0 Å².